The Kier molecular flexibility index (Phi) is 7.20. The first-order valence-corrected chi connectivity index (χ1v) is 8.80. The second kappa shape index (κ2) is 9.39. The van der Waals surface area contributed by atoms with Crippen LogP contribution in [0.2, 0.25) is 0 Å². The number of halogens is 3. The normalized spacial score (nSPS) is 11.2. The SMILES string of the molecule is Cc1ccc(C(=O)CCC(=O)NCc2ccc(OCC(F)(F)F)cc2)cc1C. The fourth-order valence-electron chi connectivity index (χ4n) is 2.44. The molecule has 0 aliphatic rings. The number of hydrogen-bond donors (Lipinski definition) is 1. The summed E-state index contributed by atoms with van der Waals surface area (Å²) in [6, 6.07) is 11.4. The molecule has 0 bridgehead atoms. The molecule has 0 aliphatic heterocycles. The fraction of sp³-hybridized carbons (Fsp3) is 0.333. The van der Waals surface area contributed by atoms with Crippen LogP contribution < -0.4 is 10.1 Å². The highest BCUT2D eigenvalue weighted by atomic mass is 19.4. The van der Waals surface area contributed by atoms with Crippen LogP contribution in [0.4, 0.5) is 13.2 Å². The van der Waals surface area contributed by atoms with E-state index in [-0.39, 0.29) is 36.8 Å². The molecule has 2 aromatic rings. The average Bonchev–Trinajstić information content (AvgIpc) is 2.65. The number of ether oxygens (including phenoxy) is 1. The van der Waals surface area contributed by atoms with E-state index in [1.54, 1.807) is 18.2 Å². The van der Waals surface area contributed by atoms with E-state index in [1.165, 1.54) is 12.1 Å². The number of alkyl halides is 3. The number of hydrogen-bond acceptors (Lipinski definition) is 3. The molecule has 4 nitrogen and oxygen atoms in total. The van der Waals surface area contributed by atoms with Crippen molar-refractivity contribution >= 4 is 11.7 Å². The molecule has 0 fully saturated rings. The van der Waals surface area contributed by atoms with Gasteiger partial charge in [0.1, 0.15) is 5.75 Å². The summed E-state index contributed by atoms with van der Waals surface area (Å²) in [4.78, 5) is 24.1. The van der Waals surface area contributed by atoms with Gasteiger partial charge in [-0.2, -0.15) is 13.2 Å². The first-order chi connectivity index (χ1) is 13.1. The zero-order valence-electron chi connectivity index (χ0n) is 15.7. The van der Waals surface area contributed by atoms with Crippen LogP contribution in [0.15, 0.2) is 42.5 Å². The second-order valence-corrected chi connectivity index (χ2v) is 6.55. The Morgan fingerprint density at radius 2 is 1.64 bits per heavy atom. The van der Waals surface area contributed by atoms with E-state index < -0.39 is 12.8 Å². The lowest BCUT2D eigenvalue weighted by molar-refractivity contribution is -0.153. The van der Waals surface area contributed by atoms with Crippen molar-refractivity contribution in [2.45, 2.75) is 39.4 Å². The zero-order chi connectivity index (χ0) is 20.7. The van der Waals surface area contributed by atoms with Gasteiger partial charge in [0.2, 0.25) is 5.91 Å². The van der Waals surface area contributed by atoms with Crippen molar-refractivity contribution in [2.24, 2.45) is 0 Å². The maximum atomic E-state index is 12.2. The van der Waals surface area contributed by atoms with E-state index in [9.17, 15) is 22.8 Å². The van der Waals surface area contributed by atoms with Gasteiger partial charge in [-0.15, -0.1) is 0 Å². The van der Waals surface area contributed by atoms with Crippen molar-refractivity contribution in [3.05, 3.63) is 64.7 Å². The number of aryl methyl sites for hydroxylation is 2. The summed E-state index contributed by atoms with van der Waals surface area (Å²) in [5, 5.41) is 2.69. The van der Waals surface area contributed by atoms with Gasteiger partial charge in [0, 0.05) is 24.9 Å². The fourth-order valence-corrected chi connectivity index (χ4v) is 2.44. The molecule has 2 aromatic carbocycles. The molecule has 0 aromatic heterocycles. The van der Waals surface area contributed by atoms with Gasteiger partial charge in [-0.3, -0.25) is 9.59 Å². The average molecular weight is 393 g/mol. The lowest BCUT2D eigenvalue weighted by Crippen LogP contribution is -2.23. The molecule has 28 heavy (non-hydrogen) atoms. The highest BCUT2D eigenvalue weighted by Crippen LogP contribution is 2.19. The standard InChI is InChI=1S/C21H22F3NO3/c1-14-3-6-17(11-15(14)2)19(26)9-10-20(27)25-12-16-4-7-18(8-5-16)28-13-21(22,23)24/h3-8,11H,9-10,12-13H2,1-2H3,(H,25,27). The minimum absolute atomic E-state index is 0.0680. The Balaban J connectivity index is 1.76. The van der Waals surface area contributed by atoms with Crippen LogP contribution in [0.25, 0.3) is 0 Å². The summed E-state index contributed by atoms with van der Waals surface area (Å²) in [6.45, 7) is 2.76. The number of benzene rings is 2. The summed E-state index contributed by atoms with van der Waals surface area (Å²) in [5.74, 6) is -0.259. The third-order valence-electron chi connectivity index (χ3n) is 4.22. The molecule has 0 atom stereocenters. The number of carbonyl (C=O) groups is 2. The number of rotatable bonds is 8. The van der Waals surface area contributed by atoms with Crippen molar-refractivity contribution in [3.8, 4) is 5.75 Å². The van der Waals surface area contributed by atoms with E-state index in [0.29, 0.717) is 11.1 Å². The Morgan fingerprint density at radius 3 is 2.25 bits per heavy atom. The highest BCUT2D eigenvalue weighted by molar-refractivity contribution is 5.98. The van der Waals surface area contributed by atoms with Gasteiger partial charge >= 0.3 is 6.18 Å². The monoisotopic (exact) mass is 393 g/mol. The van der Waals surface area contributed by atoms with Gasteiger partial charge in [-0.25, -0.2) is 0 Å². The maximum Gasteiger partial charge on any atom is 0.422 e. The second-order valence-electron chi connectivity index (χ2n) is 6.55. The number of ketones is 1. The first-order valence-electron chi connectivity index (χ1n) is 8.80. The van der Waals surface area contributed by atoms with Gasteiger partial charge in [-0.1, -0.05) is 24.3 Å². The van der Waals surface area contributed by atoms with Crippen LogP contribution in [0.1, 0.15) is 39.9 Å². The van der Waals surface area contributed by atoms with E-state index in [1.807, 2.05) is 26.0 Å². The Bertz CT molecular complexity index is 830. The van der Waals surface area contributed by atoms with Crippen LogP contribution in [0, 0.1) is 13.8 Å². The summed E-state index contributed by atoms with van der Waals surface area (Å²) in [5.41, 5.74) is 3.43. The molecule has 0 heterocycles. The molecular weight excluding hydrogens is 371 g/mol. The molecule has 7 heteroatoms. The third kappa shape index (κ3) is 7.06. The minimum Gasteiger partial charge on any atom is -0.484 e. The largest absolute Gasteiger partial charge is 0.484 e. The van der Waals surface area contributed by atoms with Crippen LogP contribution in [0.3, 0.4) is 0 Å². The summed E-state index contributed by atoms with van der Waals surface area (Å²) in [6.07, 6.45) is -4.21. The molecule has 2 rings (SSSR count). The molecule has 0 spiro atoms. The van der Waals surface area contributed by atoms with Gasteiger partial charge < -0.3 is 10.1 Å². The van der Waals surface area contributed by atoms with Crippen molar-refractivity contribution in [3.63, 3.8) is 0 Å². The molecule has 0 aliphatic carbocycles. The molecule has 0 unspecified atom stereocenters. The van der Waals surface area contributed by atoms with Crippen LogP contribution in [-0.2, 0) is 11.3 Å². The van der Waals surface area contributed by atoms with E-state index in [4.69, 9.17) is 0 Å². The number of nitrogens with one attached hydrogen (secondary N) is 1. The zero-order valence-corrected chi connectivity index (χ0v) is 15.7. The van der Waals surface area contributed by atoms with Crippen molar-refractivity contribution in [1.29, 1.82) is 0 Å². The lowest BCUT2D eigenvalue weighted by atomic mass is 10.0. The Labute approximate surface area is 161 Å². The Morgan fingerprint density at radius 1 is 0.964 bits per heavy atom. The minimum atomic E-state index is -4.39. The third-order valence-corrected chi connectivity index (χ3v) is 4.22. The van der Waals surface area contributed by atoms with Crippen LogP contribution in [-0.4, -0.2) is 24.5 Å². The molecule has 150 valence electrons. The van der Waals surface area contributed by atoms with Crippen molar-refractivity contribution < 1.29 is 27.5 Å². The molecular formula is C21H22F3NO3. The summed E-state index contributed by atoms with van der Waals surface area (Å²) >= 11 is 0. The lowest BCUT2D eigenvalue weighted by Gasteiger charge is -2.10. The van der Waals surface area contributed by atoms with E-state index in [0.717, 1.165) is 11.1 Å². The topological polar surface area (TPSA) is 55.4 Å². The van der Waals surface area contributed by atoms with Crippen molar-refractivity contribution in [2.75, 3.05) is 6.61 Å². The van der Waals surface area contributed by atoms with Crippen molar-refractivity contribution in [1.82, 2.24) is 5.32 Å². The molecule has 1 amide bonds. The smallest absolute Gasteiger partial charge is 0.422 e. The van der Waals surface area contributed by atoms with E-state index >= 15 is 0 Å². The summed E-state index contributed by atoms with van der Waals surface area (Å²) in [7, 11) is 0. The molecule has 0 radical (unpaired) electrons. The Hall–Kier alpha value is -2.83. The number of amides is 1. The quantitative estimate of drug-likeness (QED) is 0.671. The maximum absolute atomic E-state index is 12.2. The molecule has 0 saturated carbocycles. The van der Waals surface area contributed by atoms with Gasteiger partial charge in [0.15, 0.2) is 12.4 Å². The number of Topliss-reactive ketones (excluding diaryl/α,β-unsaturated/α-hetero) is 1. The number of carbonyl (C=O) groups excluding carboxylic acids is 2. The van der Waals surface area contributed by atoms with Crippen LogP contribution >= 0.6 is 0 Å². The molecule has 0 saturated heterocycles. The predicted octanol–water partition coefficient (Wildman–Crippen LogP) is 4.52. The van der Waals surface area contributed by atoms with E-state index in [2.05, 4.69) is 10.1 Å². The summed E-state index contributed by atoms with van der Waals surface area (Å²) < 4.78 is 41.0. The van der Waals surface area contributed by atoms with Gasteiger partial charge in [-0.05, 0) is 48.7 Å². The predicted molar refractivity (Wildman–Crippen MR) is 99.3 cm³/mol. The van der Waals surface area contributed by atoms with Gasteiger partial charge in [0.25, 0.3) is 0 Å². The highest BCUT2D eigenvalue weighted by Gasteiger charge is 2.28. The first kappa shape index (κ1) is 21.5. The molecule has 1 N–H and O–H groups in total. The van der Waals surface area contributed by atoms with Gasteiger partial charge in [0.05, 0.1) is 0 Å². The van der Waals surface area contributed by atoms with Crippen LogP contribution in [0.5, 0.6) is 5.75 Å².